The quantitative estimate of drug-likeness (QED) is 0.861. The topological polar surface area (TPSA) is 41.5 Å². The van der Waals surface area contributed by atoms with Gasteiger partial charge in [0.15, 0.2) is 0 Å². The van der Waals surface area contributed by atoms with Crippen LogP contribution in [0.5, 0.6) is 5.75 Å². The van der Waals surface area contributed by atoms with Crippen LogP contribution in [0.25, 0.3) is 0 Å². The average molecular weight is 249 g/mol. The van der Waals surface area contributed by atoms with Gasteiger partial charge in [0.2, 0.25) is 0 Å². The summed E-state index contributed by atoms with van der Waals surface area (Å²) in [4.78, 5) is 0. The van der Waals surface area contributed by atoms with Crippen molar-refractivity contribution in [3.8, 4) is 5.75 Å². The van der Waals surface area contributed by atoms with Crippen molar-refractivity contribution in [2.75, 3.05) is 7.11 Å². The van der Waals surface area contributed by atoms with Gasteiger partial charge < -0.3 is 15.2 Å². The van der Waals surface area contributed by atoms with Crippen LogP contribution < -0.4 is 10.1 Å². The van der Waals surface area contributed by atoms with Crippen molar-refractivity contribution in [1.82, 2.24) is 5.32 Å². The van der Waals surface area contributed by atoms with Gasteiger partial charge in [-0.2, -0.15) is 0 Å². The van der Waals surface area contributed by atoms with Crippen molar-refractivity contribution in [1.29, 1.82) is 0 Å². The Morgan fingerprint density at radius 1 is 1.33 bits per heavy atom. The molecule has 100 valence electrons. The highest BCUT2D eigenvalue weighted by Crippen LogP contribution is 2.22. The van der Waals surface area contributed by atoms with E-state index >= 15 is 0 Å². The molecule has 1 aromatic carbocycles. The van der Waals surface area contributed by atoms with Gasteiger partial charge in [0.05, 0.1) is 13.2 Å². The molecule has 3 heteroatoms. The van der Waals surface area contributed by atoms with Gasteiger partial charge >= 0.3 is 0 Å². The molecule has 2 atom stereocenters. The van der Waals surface area contributed by atoms with E-state index in [-0.39, 0.29) is 12.1 Å². The molecule has 1 saturated carbocycles. The fourth-order valence-corrected chi connectivity index (χ4v) is 2.64. The number of rotatable bonds is 4. The van der Waals surface area contributed by atoms with Gasteiger partial charge in [-0.3, -0.25) is 0 Å². The van der Waals surface area contributed by atoms with Gasteiger partial charge in [-0.1, -0.05) is 30.5 Å². The Hall–Kier alpha value is -1.06. The molecule has 1 aliphatic carbocycles. The zero-order chi connectivity index (χ0) is 13.0. The molecule has 18 heavy (non-hydrogen) atoms. The maximum atomic E-state index is 9.93. The summed E-state index contributed by atoms with van der Waals surface area (Å²) < 4.78 is 5.36. The summed E-state index contributed by atoms with van der Waals surface area (Å²) in [5.41, 5.74) is 2.40. The highest BCUT2D eigenvalue weighted by molar-refractivity contribution is 5.36. The van der Waals surface area contributed by atoms with Gasteiger partial charge in [0.25, 0.3) is 0 Å². The number of aryl methyl sites for hydroxylation is 1. The Bertz CT molecular complexity index is 392. The van der Waals surface area contributed by atoms with Crippen molar-refractivity contribution in [3.05, 3.63) is 29.3 Å². The van der Waals surface area contributed by atoms with Crippen molar-refractivity contribution < 1.29 is 9.84 Å². The predicted molar refractivity (Wildman–Crippen MR) is 72.8 cm³/mol. The standard InChI is InChI=1S/C15H23NO2/c1-11-7-8-15(18-2)12(9-11)10-16-13-5-3-4-6-14(13)17/h7-9,13-14,16-17H,3-6,10H2,1-2H3. The zero-order valence-corrected chi connectivity index (χ0v) is 11.3. The molecule has 0 aliphatic heterocycles. The third-order valence-corrected chi connectivity index (χ3v) is 3.72. The highest BCUT2D eigenvalue weighted by Gasteiger charge is 2.22. The second kappa shape index (κ2) is 6.21. The molecule has 0 aromatic heterocycles. The van der Waals surface area contributed by atoms with E-state index in [1.165, 1.54) is 12.0 Å². The molecule has 0 bridgehead atoms. The maximum Gasteiger partial charge on any atom is 0.123 e. The Balaban J connectivity index is 1.98. The van der Waals surface area contributed by atoms with E-state index in [4.69, 9.17) is 4.74 Å². The summed E-state index contributed by atoms with van der Waals surface area (Å²) >= 11 is 0. The van der Waals surface area contributed by atoms with E-state index in [2.05, 4.69) is 24.4 Å². The fraction of sp³-hybridized carbons (Fsp3) is 0.600. The number of aliphatic hydroxyl groups excluding tert-OH is 1. The molecule has 0 saturated heterocycles. The first-order valence-electron chi connectivity index (χ1n) is 6.75. The monoisotopic (exact) mass is 249 g/mol. The van der Waals surface area contributed by atoms with Crippen LogP contribution in [0.1, 0.15) is 36.8 Å². The minimum Gasteiger partial charge on any atom is -0.496 e. The van der Waals surface area contributed by atoms with Crippen molar-refractivity contribution in [3.63, 3.8) is 0 Å². The van der Waals surface area contributed by atoms with Crippen LogP contribution in [0.15, 0.2) is 18.2 Å². The molecule has 2 rings (SSSR count). The van der Waals surface area contributed by atoms with Gasteiger partial charge in [-0.15, -0.1) is 0 Å². The lowest BCUT2D eigenvalue weighted by Gasteiger charge is -2.28. The van der Waals surface area contributed by atoms with E-state index in [0.717, 1.165) is 37.1 Å². The Morgan fingerprint density at radius 3 is 2.83 bits per heavy atom. The molecule has 0 heterocycles. The van der Waals surface area contributed by atoms with Crippen LogP contribution in [0, 0.1) is 6.92 Å². The van der Waals surface area contributed by atoms with E-state index in [1.54, 1.807) is 7.11 Å². The fourth-order valence-electron chi connectivity index (χ4n) is 2.64. The Labute approximate surface area is 109 Å². The third-order valence-electron chi connectivity index (χ3n) is 3.72. The molecule has 1 fully saturated rings. The van der Waals surface area contributed by atoms with E-state index in [1.807, 2.05) is 6.07 Å². The first kappa shape index (κ1) is 13.4. The lowest BCUT2D eigenvalue weighted by molar-refractivity contribution is 0.0901. The van der Waals surface area contributed by atoms with Crippen molar-refractivity contribution in [2.24, 2.45) is 0 Å². The summed E-state index contributed by atoms with van der Waals surface area (Å²) in [5, 5.41) is 13.4. The molecule has 2 N–H and O–H groups in total. The second-order valence-electron chi connectivity index (χ2n) is 5.15. The molecule has 0 spiro atoms. The first-order chi connectivity index (χ1) is 8.70. The van der Waals surface area contributed by atoms with Crippen LogP contribution in [0.3, 0.4) is 0 Å². The van der Waals surface area contributed by atoms with E-state index in [0.29, 0.717) is 0 Å². The van der Waals surface area contributed by atoms with Crippen LogP contribution >= 0.6 is 0 Å². The van der Waals surface area contributed by atoms with E-state index < -0.39 is 0 Å². The Kier molecular flexibility index (Phi) is 4.61. The minimum absolute atomic E-state index is 0.199. The largest absolute Gasteiger partial charge is 0.496 e. The third kappa shape index (κ3) is 3.24. The van der Waals surface area contributed by atoms with Crippen LogP contribution in [-0.2, 0) is 6.54 Å². The first-order valence-corrected chi connectivity index (χ1v) is 6.75. The van der Waals surface area contributed by atoms with E-state index in [9.17, 15) is 5.11 Å². The van der Waals surface area contributed by atoms with Gasteiger partial charge in [0, 0.05) is 18.2 Å². The smallest absolute Gasteiger partial charge is 0.123 e. The number of methoxy groups -OCH3 is 1. The summed E-state index contributed by atoms with van der Waals surface area (Å²) in [7, 11) is 1.70. The summed E-state index contributed by atoms with van der Waals surface area (Å²) in [6, 6.07) is 6.42. The van der Waals surface area contributed by atoms with Crippen LogP contribution in [-0.4, -0.2) is 24.4 Å². The van der Waals surface area contributed by atoms with Crippen LogP contribution in [0.4, 0.5) is 0 Å². The normalized spacial score (nSPS) is 23.9. The summed E-state index contributed by atoms with van der Waals surface area (Å²) in [6.45, 7) is 2.84. The molecule has 0 radical (unpaired) electrons. The van der Waals surface area contributed by atoms with Gasteiger partial charge in [-0.05, 0) is 25.8 Å². The number of hydrogen-bond donors (Lipinski definition) is 2. The molecule has 0 amide bonds. The van der Waals surface area contributed by atoms with Crippen molar-refractivity contribution in [2.45, 2.75) is 51.3 Å². The lowest BCUT2D eigenvalue weighted by Crippen LogP contribution is -2.41. The maximum absolute atomic E-state index is 9.93. The van der Waals surface area contributed by atoms with Gasteiger partial charge in [0.1, 0.15) is 5.75 Å². The van der Waals surface area contributed by atoms with Crippen LogP contribution in [0.2, 0.25) is 0 Å². The highest BCUT2D eigenvalue weighted by atomic mass is 16.5. The van der Waals surface area contributed by atoms with Crippen molar-refractivity contribution >= 4 is 0 Å². The average Bonchev–Trinajstić information content (AvgIpc) is 2.38. The summed E-state index contributed by atoms with van der Waals surface area (Å²) in [5.74, 6) is 0.915. The molecular formula is C15H23NO2. The number of ether oxygens (including phenoxy) is 1. The summed E-state index contributed by atoms with van der Waals surface area (Å²) in [6.07, 6.45) is 4.14. The van der Waals surface area contributed by atoms with Gasteiger partial charge in [-0.25, -0.2) is 0 Å². The second-order valence-corrected chi connectivity index (χ2v) is 5.15. The molecule has 3 nitrogen and oxygen atoms in total. The molecule has 1 aliphatic rings. The number of benzene rings is 1. The molecule has 2 unspecified atom stereocenters. The number of nitrogens with one attached hydrogen (secondary N) is 1. The number of hydrogen-bond acceptors (Lipinski definition) is 3. The SMILES string of the molecule is COc1ccc(C)cc1CNC1CCCCC1O. The molecular weight excluding hydrogens is 226 g/mol. The molecule has 1 aromatic rings. The lowest BCUT2D eigenvalue weighted by atomic mass is 9.92. The minimum atomic E-state index is -0.199. The Morgan fingerprint density at radius 2 is 2.11 bits per heavy atom. The zero-order valence-electron chi connectivity index (χ0n) is 11.3. The predicted octanol–water partition coefficient (Wildman–Crippen LogP) is 2.40. The number of aliphatic hydroxyl groups is 1.